The van der Waals surface area contributed by atoms with Gasteiger partial charge in [0.15, 0.2) is 0 Å². The third-order valence-electron chi connectivity index (χ3n) is 3.52. The molecular weight excluding hydrogens is 210 g/mol. The van der Waals surface area contributed by atoms with Crippen molar-refractivity contribution in [1.82, 2.24) is 0 Å². The first kappa shape index (κ1) is 10.5. The molecule has 0 bridgehead atoms. The Balaban J connectivity index is 2.23. The molecule has 1 aliphatic carbocycles. The molecule has 86 valence electrons. The van der Waals surface area contributed by atoms with Crippen LogP contribution in [0.2, 0.25) is 0 Å². The summed E-state index contributed by atoms with van der Waals surface area (Å²) in [6.45, 7) is 0.00728. The first-order chi connectivity index (χ1) is 8.33. The Morgan fingerprint density at radius 1 is 0.941 bits per heavy atom. The molecule has 1 aliphatic rings. The zero-order chi connectivity index (χ0) is 11.8. The van der Waals surface area contributed by atoms with Gasteiger partial charge < -0.3 is 10.8 Å². The van der Waals surface area contributed by atoms with Crippen LogP contribution in [-0.4, -0.2) is 17.8 Å². The molecule has 0 aromatic heterocycles. The molecule has 0 spiro atoms. The molecule has 2 heteroatoms. The Morgan fingerprint density at radius 3 is 1.88 bits per heavy atom. The number of benzene rings is 2. The van der Waals surface area contributed by atoms with E-state index in [-0.39, 0.29) is 18.6 Å². The molecular formula is C15H15NO. The molecule has 0 radical (unpaired) electrons. The molecule has 0 aliphatic heterocycles. The second kappa shape index (κ2) is 3.99. The molecule has 17 heavy (non-hydrogen) atoms. The van der Waals surface area contributed by atoms with Crippen molar-refractivity contribution in [1.29, 1.82) is 0 Å². The molecule has 0 heterocycles. The van der Waals surface area contributed by atoms with Gasteiger partial charge in [0, 0.05) is 12.0 Å². The van der Waals surface area contributed by atoms with Crippen LogP contribution in [0.15, 0.2) is 48.5 Å². The topological polar surface area (TPSA) is 46.2 Å². The van der Waals surface area contributed by atoms with Gasteiger partial charge in [-0.25, -0.2) is 0 Å². The lowest BCUT2D eigenvalue weighted by Gasteiger charge is -2.19. The lowest BCUT2D eigenvalue weighted by atomic mass is 9.90. The van der Waals surface area contributed by atoms with Crippen LogP contribution < -0.4 is 5.73 Å². The van der Waals surface area contributed by atoms with Gasteiger partial charge in [-0.2, -0.15) is 0 Å². The molecule has 2 aromatic rings. The predicted molar refractivity (Wildman–Crippen MR) is 68.8 cm³/mol. The summed E-state index contributed by atoms with van der Waals surface area (Å²) >= 11 is 0. The van der Waals surface area contributed by atoms with E-state index in [0.29, 0.717) is 0 Å². The SMILES string of the molecule is N[C@@H](CO)C1c2ccccc2-c2ccccc21. The molecule has 0 saturated carbocycles. The summed E-state index contributed by atoms with van der Waals surface area (Å²) in [5.41, 5.74) is 11.0. The van der Waals surface area contributed by atoms with Gasteiger partial charge in [-0.1, -0.05) is 48.5 Å². The minimum absolute atomic E-state index is 0.00728. The van der Waals surface area contributed by atoms with Gasteiger partial charge in [0.25, 0.3) is 0 Å². The molecule has 0 amide bonds. The summed E-state index contributed by atoms with van der Waals surface area (Å²) in [6, 6.07) is 16.4. The van der Waals surface area contributed by atoms with Crippen LogP contribution in [0.25, 0.3) is 11.1 Å². The van der Waals surface area contributed by atoms with Crippen molar-refractivity contribution in [3.05, 3.63) is 59.7 Å². The average Bonchev–Trinajstić information content (AvgIpc) is 2.72. The minimum Gasteiger partial charge on any atom is -0.395 e. The van der Waals surface area contributed by atoms with Gasteiger partial charge in [-0.3, -0.25) is 0 Å². The normalized spacial score (nSPS) is 15.4. The zero-order valence-corrected chi connectivity index (χ0v) is 9.51. The molecule has 3 rings (SSSR count). The largest absolute Gasteiger partial charge is 0.395 e. The third-order valence-corrected chi connectivity index (χ3v) is 3.52. The highest BCUT2D eigenvalue weighted by Gasteiger charge is 2.31. The standard InChI is InChI=1S/C15H15NO/c16-14(9-17)15-12-7-3-1-5-10(12)11-6-2-4-8-13(11)15/h1-8,14-15,17H,9,16H2/t14-/m0/s1. The van der Waals surface area contributed by atoms with E-state index < -0.39 is 0 Å². The Hall–Kier alpha value is -1.64. The van der Waals surface area contributed by atoms with Crippen LogP contribution in [0.3, 0.4) is 0 Å². The summed E-state index contributed by atoms with van der Waals surface area (Å²) in [5, 5.41) is 9.32. The second-order valence-corrected chi connectivity index (χ2v) is 4.50. The van der Waals surface area contributed by atoms with Crippen LogP contribution in [0.1, 0.15) is 17.0 Å². The van der Waals surface area contributed by atoms with Gasteiger partial charge in [0.2, 0.25) is 0 Å². The van der Waals surface area contributed by atoms with E-state index in [0.717, 1.165) is 0 Å². The summed E-state index contributed by atoms with van der Waals surface area (Å²) in [6.07, 6.45) is 0. The smallest absolute Gasteiger partial charge is 0.0591 e. The highest BCUT2D eigenvalue weighted by molar-refractivity contribution is 5.79. The highest BCUT2D eigenvalue weighted by atomic mass is 16.3. The fourth-order valence-corrected chi connectivity index (χ4v) is 2.76. The van der Waals surface area contributed by atoms with Gasteiger partial charge in [-0.05, 0) is 22.3 Å². The van der Waals surface area contributed by atoms with E-state index in [4.69, 9.17) is 5.73 Å². The molecule has 1 atom stereocenters. The Bertz CT molecular complexity index is 505. The first-order valence-electron chi connectivity index (χ1n) is 5.87. The third kappa shape index (κ3) is 1.49. The first-order valence-corrected chi connectivity index (χ1v) is 5.87. The van der Waals surface area contributed by atoms with Crippen molar-refractivity contribution < 1.29 is 5.11 Å². The quantitative estimate of drug-likeness (QED) is 0.822. The summed E-state index contributed by atoms with van der Waals surface area (Å²) in [4.78, 5) is 0. The van der Waals surface area contributed by atoms with E-state index in [1.54, 1.807) is 0 Å². The summed E-state index contributed by atoms with van der Waals surface area (Å²) in [5.74, 6) is 0.118. The van der Waals surface area contributed by atoms with Crippen LogP contribution in [0.4, 0.5) is 0 Å². The van der Waals surface area contributed by atoms with Crippen LogP contribution >= 0.6 is 0 Å². The molecule has 2 nitrogen and oxygen atoms in total. The molecule has 2 aromatic carbocycles. The van der Waals surface area contributed by atoms with Crippen molar-refractivity contribution in [3.63, 3.8) is 0 Å². The number of rotatable bonds is 2. The monoisotopic (exact) mass is 225 g/mol. The maximum atomic E-state index is 9.32. The lowest BCUT2D eigenvalue weighted by molar-refractivity contribution is 0.257. The van der Waals surface area contributed by atoms with Crippen LogP contribution in [0, 0.1) is 0 Å². The van der Waals surface area contributed by atoms with Gasteiger partial charge in [0.05, 0.1) is 6.61 Å². The molecule has 0 fully saturated rings. The van der Waals surface area contributed by atoms with E-state index >= 15 is 0 Å². The van der Waals surface area contributed by atoms with Crippen molar-refractivity contribution in [2.75, 3.05) is 6.61 Å². The maximum Gasteiger partial charge on any atom is 0.0591 e. The number of aliphatic hydroxyl groups is 1. The zero-order valence-electron chi connectivity index (χ0n) is 9.51. The lowest BCUT2D eigenvalue weighted by Crippen LogP contribution is -2.31. The average molecular weight is 225 g/mol. The molecule has 0 saturated heterocycles. The fourth-order valence-electron chi connectivity index (χ4n) is 2.76. The maximum absolute atomic E-state index is 9.32. The van der Waals surface area contributed by atoms with E-state index in [9.17, 15) is 5.11 Å². The number of fused-ring (bicyclic) bond motifs is 3. The van der Waals surface area contributed by atoms with Crippen molar-refractivity contribution in [2.45, 2.75) is 12.0 Å². The molecule has 3 N–H and O–H groups in total. The predicted octanol–water partition coefficient (Wildman–Crippen LogP) is 2.12. The molecule has 0 unspecified atom stereocenters. The van der Waals surface area contributed by atoms with Crippen molar-refractivity contribution in [3.8, 4) is 11.1 Å². The number of aliphatic hydroxyl groups excluding tert-OH is 1. The number of hydrogen-bond acceptors (Lipinski definition) is 2. The van der Waals surface area contributed by atoms with E-state index in [2.05, 4.69) is 24.3 Å². The number of hydrogen-bond donors (Lipinski definition) is 2. The van der Waals surface area contributed by atoms with Crippen LogP contribution in [-0.2, 0) is 0 Å². The fraction of sp³-hybridized carbons (Fsp3) is 0.200. The van der Waals surface area contributed by atoms with E-state index in [1.165, 1.54) is 22.3 Å². The minimum atomic E-state index is -0.236. The Morgan fingerprint density at radius 2 is 1.41 bits per heavy atom. The second-order valence-electron chi connectivity index (χ2n) is 4.50. The van der Waals surface area contributed by atoms with E-state index in [1.807, 2.05) is 24.3 Å². The van der Waals surface area contributed by atoms with Gasteiger partial charge in [0.1, 0.15) is 0 Å². The Labute approximate surface area is 101 Å². The van der Waals surface area contributed by atoms with Crippen LogP contribution in [0.5, 0.6) is 0 Å². The summed E-state index contributed by atoms with van der Waals surface area (Å²) in [7, 11) is 0. The van der Waals surface area contributed by atoms with Crippen molar-refractivity contribution in [2.24, 2.45) is 5.73 Å². The summed E-state index contributed by atoms with van der Waals surface area (Å²) < 4.78 is 0. The van der Waals surface area contributed by atoms with Gasteiger partial charge in [-0.15, -0.1) is 0 Å². The highest BCUT2D eigenvalue weighted by Crippen LogP contribution is 2.45. The Kier molecular flexibility index (Phi) is 2.46. The number of nitrogens with two attached hydrogens (primary N) is 1. The van der Waals surface area contributed by atoms with Gasteiger partial charge >= 0.3 is 0 Å². The van der Waals surface area contributed by atoms with Crippen molar-refractivity contribution >= 4 is 0 Å².